The van der Waals surface area contributed by atoms with Crippen LogP contribution < -0.4 is 9.47 Å². The molecule has 0 radical (unpaired) electrons. The van der Waals surface area contributed by atoms with E-state index in [1.165, 1.54) is 41.8 Å². The van der Waals surface area contributed by atoms with Crippen LogP contribution in [-0.2, 0) is 19.7 Å². The number of aromatic hydroxyl groups is 2. The monoisotopic (exact) mass is 738 g/mol. The van der Waals surface area contributed by atoms with Gasteiger partial charge in [0.2, 0.25) is 0 Å². The molecule has 0 fully saturated rings. The van der Waals surface area contributed by atoms with E-state index >= 15 is 0 Å². The van der Waals surface area contributed by atoms with Crippen LogP contribution in [-0.4, -0.2) is 90.6 Å². The van der Waals surface area contributed by atoms with Crippen LogP contribution in [0.2, 0.25) is 0 Å². The summed E-state index contributed by atoms with van der Waals surface area (Å²) in [7, 11) is 3.06. The number of hydrogen-bond donors (Lipinski definition) is 3. The number of methoxy groups -OCH3 is 2. The Labute approximate surface area is 308 Å². The van der Waals surface area contributed by atoms with Crippen molar-refractivity contribution in [2.45, 2.75) is 33.1 Å². The molecular weight excluding hydrogens is 700 g/mol. The largest absolute Gasteiger partial charge is 0.506 e. The molecule has 0 unspecified atom stereocenters. The van der Waals surface area contributed by atoms with Crippen LogP contribution >= 0.6 is 0 Å². The summed E-state index contributed by atoms with van der Waals surface area (Å²) in [6.07, 6.45) is 0. The minimum absolute atomic E-state index is 0.00503. The third kappa shape index (κ3) is 8.55. The molecule has 0 aliphatic carbocycles. The number of hydrogen-bond acceptors (Lipinski definition) is 13. The van der Waals surface area contributed by atoms with Crippen molar-refractivity contribution in [2.24, 2.45) is 0 Å². The lowest BCUT2D eigenvalue weighted by Crippen LogP contribution is -2.14. The average Bonchev–Trinajstić information content (AvgIpc) is 3.77. The van der Waals surface area contributed by atoms with Crippen LogP contribution in [0.4, 0.5) is 0 Å². The zero-order valence-corrected chi connectivity index (χ0v) is 30.4. The van der Waals surface area contributed by atoms with Crippen molar-refractivity contribution >= 4 is 40.0 Å². The van der Waals surface area contributed by atoms with Crippen molar-refractivity contribution in [3.05, 3.63) is 95.6 Å². The summed E-state index contributed by atoms with van der Waals surface area (Å²) >= 11 is 0. The molecule has 280 valence electrons. The number of carbonyl (C=O) groups excluding carboxylic acids is 2. The third-order valence-electron chi connectivity index (χ3n) is 7.86. The fourth-order valence-electron chi connectivity index (χ4n) is 5.01. The van der Waals surface area contributed by atoms with Crippen LogP contribution in [0, 0.1) is 0 Å². The van der Waals surface area contributed by atoms with E-state index in [4.69, 9.17) is 24.1 Å². The molecule has 0 amide bonds. The number of phenols is 2. The lowest BCUT2D eigenvalue weighted by molar-refractivity contribution is -0.140. The number of rotatable bonds is 10. The fraction of sp³-hybridized carbons (Fsp3) is 0.237. The fourth-order valence-corrected chi connectivity index (χ4v) is 5.01. The predicted molar refractivity (Wildman–Crippen MR) is 196 cm³/mol. The SMILES string of the molecule is C=C(C)C(=O)OCCOC(=O)c1ccc2nn(-c3cc(OC)cc(C(C)(C)C)c3O)nc2c1.COc1ccc(O)c(-n2nc3ccc(C(=O)O)cc3n2)c1. The number of benzene rings is 4. The van der Waals surface area contributed by atoms with Gasteiger partial charge in [-0.2, -0.15) is 0 Å². The molecule has 3 N–H and O–H groups in total. The Bertz CT molecular complexity index is 2390. The number of esters is 2. The molecule has 54 heavy (non-hydrogen) atoms. The van der Waals surface area contributed by atoms with Crippen molar-refractivity contribution in [3.63, 3.8) is 0 Å². The van der Waals surface area contributed by atoms with Crippen LogP contribution in [0.15, 0.2) is 78.9 Å². The molecule has 6 aromatic rings. The Balaban J connectivity index is 0.000000228. The number of aromatic carboxylic acids is 1. The van der Waals surface area contributed by atoms with Crippen molar-refractivity contribution in [2.75, 3.05) is 27.4 Å². The van der Waals surface area contributed by atoms with Gasteiger partial charge in [-0.25, -0.2) is 14.4 Å². The molecule has 16 heteroatoms. The van der Waals surface area contributed by atoms with Gasteiger partial charge in [-0.05, 0) is 66.9 Å². The maximum atomic E-state index is 12.3. The number of ether oxygens (including phenoxy) is 4. The van der Waals surface area contributed by atoms with Gasteiger partial charge >= 0.3 is 17.9 Å². The normalized spacial score (nSPS) is 11.1. The second kappa shape index (κ2) is 15.7. The minimum atomic E-state index is -1.03. The Kier molecular flexibility index (Phi) is 11.1. The number of carboxylic acids is 1. The van der Waals surface area contributed by atoms with E-state index in [9.17, 15) is 24.6 Å². The minimum Gasteiger partial charge on any atom is -0.506 e. The summed E-state index contributed by atoms with van der Waals surface area (Å²) in [6.45, 7) is 10.8. The highest BCUT2D eigenvalue weighted by atomic mass is 16.6. The molecule has 16 nitrogen and oxygen atoms in total. The zero-order valence-electron chi connectivity index (χ0n) is 30.4. The van der Waals surface area contributed by atoms with Gasteiger partial charge < -0.3 is 34.3 Å². The molecule has 0 aliphatic heterocycles. The van der Waals surface area contributed by atoms with Crippen molar-refractivity contribution in [1.29, 1.82) is 0 Å². The van der Waals surface area contributed by atoms with Gasteiger partial charge in [-0.3, -0.25) is 0 Å². The summed E-state index contributed by atoms with van der Waals surface area (Å²) in [5, 5.41) is 47.0. The van der Waals surface area contributed by atoms with Gasteiger partial charge in [0.05, 0.1) is 25.3 Å². The Morgan fingerprint density at radius 2 is 1.24 bits per heavy atom. The van der Waals surface area contributed by atoms with Gasteiger partial charge in [-0.15, -0.1) is 30.0 Å². The van der Waals surface area contributed by atoms with Crippen LogP contribution in [0.1, 0.15) is 54.0 Å². The second-order valence-electron chi connectivity index (χ2n) is 12.9. The maximum Gasteiger partial charge on any atom is 0.338 e. The average molecular weight is 739 g/mol. The quantitative estimate of drug-likeness (QED) is 0.0895. The van der Waals surface area contributed by atoms with E-state index < -0.39 is 17.9 Å². The molecule has 0 spiro atoms. The number of carbonyl (C=O) groups is 3. The van der Waals surface area contributed by atoms with Crippen LogP contribution in [0.5, 0.6) is 23.0 Å². The predicted octanol–water partition coefficient (Wildman–Crippen LogP) is 5.54. The van der Waals surface area contributed by atoms with Gasteiger partial charge in [0.15, 0.2) is 0 Å². The van der Waals surface area contributed by atoms with Crippen LogP contribution in [0.3, 0.4) is 0 Å². The first-order valence-electron chi connectivity index (χ1n) is 16.4. The number of carboxylic acid groups (broad SMARTS) is 1. The standard InChI is InChI=1S/C24H27N3O6.C14H11N3O4/c1-14(2)22(29)32-9-10-33-23(30)15-7-8-18-19(11-15)26-27(25-18)20-13-16(31-6)12-17(21(20)28)24(3,4)5;1-21-9-3-5-13(18)12(7-9)17-15-10-4-2-8(14(19)20)6-11(10)16-17/h7-8,11-13,28H,1,9-10H2,2-6H3;2-7,18H,1H3,(H,19,20). The summed E-state index contributed by atoms with van der Waals surface area (Å²) < 4.78 is 20.5. The summed E-state index contributed by atoms with van der Waals surface area (Å²) in [4.78, 5) is 37.2. The van der Waals surface area contributed by atoms with E-state index in [2.05, 4.69) is 27.0 Å². The first kappa shape index (κ1) is 38.3. The first-order valence-corrected chi connectivity index (χ1v) is 16.4. The second-order valence-corrected chi connectivity index (χ2v) is 12.9. The number of nitrogens with zero attached hydrogens (tertiary/aromatic N) is 6. The molecule has 0 saturated heterocycles. The summed E-state index contributed by atoms with van der Waals surface area (Å²) in [6, 6.07) is 17.3. The van der Waals surface area contributed by atoms with Crippen molar-refractivity contribution < 1.29 is 48.7 Å². The molecule has 0 atom stereocenters. The molecule has 2 aromatic heterocycles. The van der Waals surface area contributed by atoms with Gasteiger partial charge in [0.1, 0.15) is 69.7 Å². The lowest BCUT2D eigenvalue weighted by atomic mass is 9.86. The molecule has 0 aliphatic rings. The van der Waals surface area contributed by atoms with E-state index in [0.29, 0.717) is 50.5 Å². The number of phenolic OH excluding ortho intramolecular Hbond substituents is 2. The Morgan fingerprint density at radius 1 is 0.704 bits per heavy atom. The number of aromatic nitrogens is 6. The summed E-state index contributed by atoms with van der Waals surface area (Å²) in [5.41, 5.74) is 3.66. The molecule has 0 bridgehead atoms. The highest BCUT2D eigenvalue weighted by Gasteiger charge is 2.24. The third-order valence-corrected chi connectivity index (χ3v) is 7.86. The Hall–Kier alpha value is -6.97. The molecule has 0 saturated carbocycles. The van der Waals surface area contributed by atoms with E-state index in [1.807, 2.05) is 20.8 Å². The van der Waals surface area contributed by atoms with E-state index in [1.54, 1.807) is 55.6 Å². The first-order chi connectivity index (χ1) is 25.6. The van der Waals surface area contributed by atoms with Gasteiger partial charge in [0.25, 0.3) is 0 Å². The molecule has 2 heterocycles. The van der Waals surface area contributed by atoms with Crippen LogP contribution in [0.25, 0.3) is 33.4 Å². The molecule has 4 aromatic carbocycles. The van der Waals surface area contributed by atoms with Crippen molar-refractivity contribution in [3.8, 4) is 34.4 Å². The molecule has 6 rings (SSSR count). The number of fused-ring (bicyclic) bond motifs is 2. The van der Waals surface area contributed by atoms with Gasteiger partial charge in [-0.1, -0.05) is 27.4 Å². The summed E-state index contributed by atoms with van der Waals surface area (Å²) in [5.74, 6) is -1.00. The van der Waals surface area contributed by atoms with Crippen molar-refractivity contribution in [1.82, 2.24) is 30.0 Å². The highest BCUT2D eigenvalue weighted by Crippen LogP contribution is 2.38. The topological polar surface area (TPSA) is 210 Å². The van der Waals surface area contributed by atoms with E-state index in [0.717, 1.165) is 0 Å². The maximum absolute atomic E-state index is 12.3. The van der Waals surface area contributed by atoms with E-state index in [-0.39, 0.29) is 46.8 Å². The lowest BCUT2D eigenvalue weighted by Gasteiger charge is -2.22. The smallest absolute Gasteiger partial charge is 0.338 e. The Morgan fingerprint density at radius 3 is 1.81 bits per heavy atom. The zero-order chi connectivity index (χ0) is 39.3. The molecular formula is C38H38N6O10. The van der Waals surface area contributed by atoms with Gasteiger partial charge in [0, 0.05) is 23.3 Å². The highest BCUT2D eigenvalue weighted by molar-refractivity contribution is 5.94.